The van der Waals surface area contributed by atoms with Crippen LogP contribution in [0.3, 0.4) is 0 Å². The molecule has 8 nitrogen and oxygen atoms in total. The summed E-state index contributed by atoms with van der Waals surface area (Å²) in [6.07, 6.45) is 3.60. The van der Waals surface area contributed by atoms with Crippen molar-refractivity contribution in [1.82, 2.24) is 19.9 Å². The number of likely N-dealkylation sites (N-methyl/N-ethyl adjacent to an activating group) is 1. The van der Waals surface area contributed by atoms with Crippen molar-refractivity contribution in [2.24, 2.45) is 5.41 Å². The van der Waals surface area contributed by atoms with E-state index >= 15 is 0 Å². The van der Waals surface area contributed by atoms with Crippen LogP contribution in [-0.2, 0) is 11.2 Å². The quantitative estimate of drug-likeness (QED) is 0.547. The molecule has 1 atom stereocenters. The summed E-state index contributed by atoms with van der Waals surface area (Å²) in [5, 5.41) is 4.61. The van der Waals surface area contributed by atoms with E-state index in [0.717, 1.165) is 51.9 Å². The van der Waals surface area contributed by atoms with E-state index in [1.165, 1.54) is 0 Å². The third-order valence-electron chi connectivity index (χ3n) is 6.95. The van der Waals surface area contributed by atoms with Crippen LogP contribution in [-0.4, -0.2) is 84.6 Å². The van der Waals surface area contributed by atoms with Crippen LogP contribution in [0.15, 0.2) is 34.9 Å². The van der Waals surface area contributed by atoms with Gasteiger partial charge in [0.1, 0.15) is 11.5 Å². The van der Waals surface area contributed by atoms with Gasteiger partial charge in [-0.05, 0) is 44.5 Å². The van der Waals surface area contributed by atoms with E-state index in [1.54, 1.807) is 23.1 Å². The first kappa shape index (κ1) is 25.5. The first-order valence-corrected chi connectivity index (χ1v) is 12.8. The third-order valence-corrected chi connectivity index (χ3v) is 7.18. The average Bonchev–Trinajstić information content (AvgIpc) is 3.32. The molecule has 35 heavy (non-hydrogen) atoms. The first-order valence-electron chi connectivity index (χ1n) is 12.5. The van der Waals surface area contributed by atoms with E-state index in [0.29, 0.717) is 48.3 Å². The van der Waals surface area contributed by atoms with Gasteiger partial charge in [0.25, 0.3) is 5.91 Å². The summed E-state index contributed by atoms with van der Waals surface area (Å²) in [5.41, 5.74) is -0.169. The number of halogens is 1. The molecule has 2 aliphatic heterocycles. The molecule has 2 aliphatic rings. The average molecular weight is 503 g/mol. The topological polar surface area (TPSA) is 79.1 Å². The highest BCUT2D eigenvalue weighted by molar-refractivity contribution is 6.30. The van der Waals surface area contributed by atoms with Crippen molar-refractivity contribution in [3.63, 3.8) is 0 Å². The Labute approximate surface area is 212 Å². The van der Waals surface area contributed by atoms with Gasteiger partial charge < -0.3 is 24.0 Å². The summed E-state index contributed by atoms with van der Waals surface area (Å²) < 4.78 is 11.5. The van der Waals surface area contributed by atoms with Crippen LogP contribution in [0, 0.1) is 5.41 Å². The van der Waals surface area contributed by atoms with E-state index in [4.69, 9.17) is 20.9 Å². The minimum absolute atomic E-state index is 0.119. The van der Waals surface area contributed by atoms with Gasteiger partial charge in [-0.25, -0.2) is 0 Å². The molecular weight excluding hydrogens is 468 g/mol. The number of nitrogens with zero attached hydrogens (tertiary/aromatic N) is 4. The Hall–Kier alpha value is -2.58. The molecule has 2 amide bonds. The van der Waals surface area contributed by atoms with Crippen LogP contribution in [0.25, 0.3) is 0 Å². The predicted molar refractivity (Wildman–Crippen MR) is 134 cm³/mol. The van der Waals surface area contributed by atoms with Gasteiger partial charge in [-0.2, -0.15) is 0 Å². The van der Waals surface area contributed by atoms with Gasteiger partial charge in [0.2, 0.25) is 5.91 Å². The van der Waals surface area contributed by atoms with Gasteiger partial charge in [-0.3, -0.25) is 9.59 Å². The summed E-state index contributed by atoms with van der Waals surface area (Å²) in [4.78, 5) is 32.6. The zero-order valence-electron chi connectivity index (χ0n) is 20.7. The van der Waals surface area contributed by atoms with Crippen molar-refractivity contribution in [2.45, 2.75) is 39.0 Å². The molecule has 1 aromatic heterocycles. The fourth-order valence-electron chi connectivity index (χ4n) is 4.92. The zero-order chi connectivity index (χ0) is 24.8. The van der Waals surface area contributed by atoms with Crippen LogP contribution in [0.1, 0.15) is 48.9 Å². The number of likely N-dealkylation sites (tertiary alicyclic amines) is 1. The Morgan fingerprint density at radius 2 is 1.94 bits per heavy atom. The lowest BCUT2D eigenvalue weighted by molar-refractivity contribution is -0.137. The van der Waals surface area contributed by atoms with Crippen molar-refractivity contribution in [2.75, 3.05) is 52.9 Å². The van der Waals surface area contributed by atoms with Crippen molar-refractivity contribution in [3.8, 4) is 5.75 Å². The molecule has 0 unspecified atom stereocenters. The van der Waals surface area contributed by atoms with Gasteiger partial charge in [-0.1, -0.05) is 29.7 Å². The van der Waals surface area contributed by atoms with Crippen LogP contribution in [0.2, 0.25) is 5.02 Å². The number of piperidine rings is 1. The molecule has 190 valence electrons. The number of rotatable bonds is 8. The second-order valence-electron chi connectivity index (χ2n) is 9.87. The number of aromatic nitrogens is 1. The number of ether oxygens (including phenoxy) is 1. The minimum atomic E-state index is -0.493. The number of amides is 2. The molecule has 0 radical (unpaired) electrons. The van der Waals surface area contributed by atoms with Gasteiger partial charge in [-0.15, -0.1) is 0 Å². The fraction of sp³-hybridized carbons (Fsp3) is 0.577. The Balaban J connectivity index is 1.51. The SMILES string of the molecule is CCCc1cc(C(=O)N2CCC[C@@](COc3cccc(Cl)c3)(CC(=O)N3CCN(C)CC3)C2)no1. The maximum Gasteiger partial charge on any atom is 0.276 e. The number of aryl methyl sites for hydroxylation is 1. The minimum Gasteiger partial charge on any atom is -0.493 e. The van der Waals surface area contributed by atoms with E-state index < -0.39 is 5.41 Å². The van der Waals surface area contributed by atoms with Crippen molar-refractivity contribution in [3.05, 3.63) is 46.8 Å². The Morgan fingerprint density at radius 1 is 1.14 bits per heavy atom. The fourth-order valence-corrected chi connectivity index (χ4v) is 5.10. The molecule has 3 heterocycles. The maximum atomic E-state index is 13.4. The van der Waals surface area contributed by atoms with Crippen molar-refractivity contribution < 1.29 is 18.8 Å². The molecule has 2 aromatic rings. The summed E-state index contributed by atoms with van der Waals surface area (Å²) in [6, 6.07) is 9.01. The number of hydrogen-bond donors (Lipinski definition) is 0. The number of carbonyl (C=O) groups excluding carboxylic acids is 2. The molecule has 0 saturated carbocycles. The molecular formula is C26H35ClN4O4. The highest BCUT2D eigenvalue weighted by Crippen LogP contribution is 2.36. The van der Waals surface area contributed by atoms with Gasteiger partial charge in [0, 0.05) is 68.6 Å². The van der Waals surface area contributed by atoms with Gasteiger partial charge in [0.15, 0.2) is 5.69 Å². The van der Waals surface area contributed by atoms with Crippen molar-refractivity contribution in [1.29, 1.82) is 0 Å². The Bertz CT molecular complexity index is 1020. The number of carbonyl (C=O) groups is 2. The number of benzene rings is 1. The maximum absolute atomic E-state index is 13.4. The Morgan fingerprint density at radius 3 is 2.69 bits per heavy atom. The second-order valence-corrected chi connectivity index (χ2v) is 10.3. The number of hydrogen-bond acceptors (Lipinski definition) is 6. The monoisotopic (exact) mass is 502 g/mol. The normalized spacial score (nSPS) is 21.2. The van der Waals surface area contributed by atoms with E-state index in [-0.39, 0.29) is 11.8 Å². The van der Waals surface area contributed by atoms with E-state index in [9.17, 15) is 9.59 Å². The second kappa shape index (κ2) is 11.4. The molecule has 0 N–H and O–H groups in total. The van der Waals surface area contributed by atoms with E-state index in [1.807, 2.05) is 17.0 Å². The van der Waals surface area contributed by atoms with Crippen LogP contribution in [0.5, 0.6) is 5.75 Å². The summed E-state index contributed by atoms with van der Waals surface area (Å²) in [7, 11) is 2.07. The van der Waals surface area contributed by atoms with Crippen LogP contribution >= 0.6 is 11.6 Å². The lowest BCUT2D eigenvalue weighted by Gasteiger charge is -2.43. The predicted octanol–water partition coefficient (Wildman–Crippen LogP) is 3.75. The summed E-state index contributed by atoms with van der Waals surface area (Å²) in [6.45, 7) is 6.63. The standard InChI is InChI=1S/C26H35ClN4O4/c1-3-6-22-16-23(28-35-22)25(33)31-10-5-9-26(18-31,19-34-21-8-4-7-20(27)15-21)17-24(32)30-13-11-29(2)12-14-30/h4,7-8,15-16H,3,5-6,9-14,17-19H2,1-2H3/t26-/m1/s1. The molecule has 0 bridgehead atoms. The smallest absolute Gasteiger partial charge is 0.276 e. The van der Waals surface area contributed by atoms with E-state index in [2.05, 4.69) is 24.0 Å². The summed E-state index contributed by atoms with van der Waals surface area (Å²) in [5.74, 6) is 1.34. The molecule has 2 saturated heterocycles. The molecule has 2 fully saturated rings. The van der Waals surface area contributed by atoms with Gasteiger partial charge >= 0.3 is 0 Å². The summed E-state index contributed by atoms with van der Waals surface area (Å²) >= 11 is 6.14. The largest absolute Gasteiger partial charge is 0.493 e. The molecule has 1 aromatic carbocycles. The molecule has 4 rings (SSSR count). The number of piperazine rings is 1. The van der Waals surface area contributed by atoms with Gasteiger partial charge in [0.05, 0.1) is 6.61 Å². The Kier molecular flexibility index (Phi) is 8.34. The van der Waals surface area contributed by atoms with Crippen LogP contribution in [0.4, 0.5) is 0 Å². The zero-order valence-corrected chi connectivity index (χ0v) is 21.4. The molecule has 0 spiro atoms. The van der Waals surface area contributed by atoms with Crippen molar-refractivity contribution >= 4 is 23.4 Å². The highest BCUT2D eigenvalue weighted by atomic mass is 35.5. The lowest BCUT2D eigenvalue weighted by Crippen LogP contribution is -2.53. The van der Waals surface area contributed by atoms with Crippen LogP contribution < -0.4 is 4.74 Å². The highest BCUT2D eigenvalue weighted by Gasteiger charge is 2.41. The molecule has 0 aliphatic carbocycles. The first-order chi connectivity index (χ1) is 16.9. The molecule has 9 heteroatoms. The third kappa shape index (κ3) is 6.55. The lowest BCUT2D eigenvalue weighted by atomic mass is 9.77.